The van der Waals surface area contributed by atoms with Crippen molar-refractivity contribution in [2.75, 3.05) is 0 Å². The van der Waals surface area contributed by atoms with Crippen LogP contribution in [-0.2, 0) is 14.3 Å². The summed E-state index contributed by atoms with van der Waals surface area (Å²) in [6.45, 7) is 19.4. The monoisotopic (exact) mass is 564 g/mol. The average molecular weight is 565 g/mol. The molecule has 4 aliphatic carbocycles. The second-order valence-corrected chi connectivity index (χ2v) is 15.5. The number of hydrogen-bond acceptors (Lipinski definition) is 4. The molecule has 0 N–H and O–H groups in total. The number of rotatable bonds is 6. The minimum Gasteiger partial charge on any atom is -0.460 e. The number of allylic oxidation sites excluding steroid dienone is 1. The number of hydrogen-bond donors (Lipinski definition) is 0. The Kier molecular flexibility index (Phi) is 10.7. The maximum absolute atomic E-state index is 11.2. The van der Waals surface area contributed by atoms with Crippen LogP contribution in [0.3, 0.4) is 0 Å². The summed E-state index contributed by atoms with van der Waals surface area (Å²) in [5, 5.41) is 0. The van der Waals surface area contributed by atoms with Gasteiger partial charge in [-0.05, 0) is 112 Å². The van der Waals surface area contributed by atoms with E-state index in [2.05, 4.69) is 40.7 Å². The van der Waals surface area contributed by atoms with Gasteiger partial charge < -0.3 is 9.47 Å². The van der Waals surface area contributed by atoms with Crippen molar-refractivity contribution in [3.05, 3.63) is 11.6 Å². The fourth-order valence-corrected chi connectivity index (χ4v) is 9.44. The average Bonchev–Trinajstić information content (AvgIpc) is 3.15. The molecule has 5 heteroatoms. The minimum absolute atomic E-state index is 0.0164. The smallest absolute Gasteiger partial charge is 0.404 e. The van der Waals surface area contributed by atoms with Crippen LogP contribution in [0, 0.1) is 46.3 Å². The molecule has 3 fully saturated rings. The van der Waals surface area contributed by atoms with Crippen molar-refractivity contribution in [2.24, 2.45) is 46.3 Å². The maximum Gasteiger partial charge on any atom is 0.404 e. The van der Waals surface area contributed by atoms with Gasteiger partial charge in [0.25, 0.3) is 0 Å². The summed E-state index contributed by atoms with van der Waals surface area (Å²) < 4.78 is 10.2. The first-order valence-electron chi connectivity index (χ1n) is 15.8. The summed E-state index contributed by atoms with van der Waals surface area (Å²) in [5.74, 6) is 4.97. The first-order valence-corrected chi connectivity index (χ1v) is 16.2. The lowest BCUT2D eigenvalue weighted by molar-refractivity contribution is -0.151. The van der Waals surface area contributed by atoms with E-state index in [0.717, 1.165) is 54.8 Å². The summed E-state index contributed by atoms with van der Waals surface area (Å²) in [6.07, 6.45) is 16.7. The van der Waals surface area contributed by atoms with Crippen molar-refractivity contribution in [1.82, 2.24) is 0 Å². The molecule has 0 amide bonds. The molecule has 0 spiro atoms. The van der Waals surface area contributed by atoms with Crippen LogP contribution in [0.2, 0.25) is 0 Å². The summed E-state index contributed by atoms with van der Waals surface area (Å²) in [5.41, 5.74) is 1.44. The van der Waals surface area contributed by atoms with E-state index in [0.29, 0.717) is 10.8 Å². The Morgan fingerprint density at radius 3 is 2.28 bits per heavy atom. The molecule has 0 aromatic carbocycles. The van der Waals surface area contributed by atoms with E-state index >= 15 is 0 Å². The highest BCUT2D eigenvalue weighted by molar-refractivity contribution is 6.61. The van der Waals surface area contributed by atoms with Crippen molar-refractivity contribution in [3.8, 4) is 0 Å². The van der Waals surface area contributed by atoms with Gasteiger partial charge in [-0.1, -0.05) is 65.5 Å². The normalized spacial score (nSPS) is 36.4. The second kappa shape index (κ2) is 12.9. The highest BCUT2D eigenvalue weighted by atomic mass is 35.5. The summed E-state index contributed by atoms with van der Waals surface area (Å²) in [6, 6.07) is 0. The molecular weight excluding hydrogens is 508 g/mol. The van der Waals surface area contributed by atoms with Crippen LogP contribution in [-0.4, -0.2) is 23.1 Å². The molecule has 0 heterocycles. The highest BCUT2D eigenvalue weighted by Gasteiger charge is 2.59. The van der Waals surface area contributed by atoms with Gasteiger partial charge in [0.1, 0.15) is 11.7 Å². The second-order valence-electron chi connectivity index (χ2n) is 15.2. The SMILES string of the molecule is CC(=O)OC(C)(C)C.CC(C)CCCC(C)C1CCC2C3CC=C4CC(OC(=O)Cl)CCC4(C)C3CCC12C. The van der Waals surface area contributed by atoms with E-state index < -0.39 is 5.43 Å². The zero-order chi connectivity index (χ0) is 29.2. The molecular formula is C34H57ClO4. The van der Waals surface area contributed by atoms with Crippen LogP contribution in [0.1, 0.15) is 133 Å². The van der Waals surface area contributed by atoms with E-state index in [-0.39, 0.29) is 17.7 Å². The van der Waals surface area contributed by atoms with Gasteiger partial charge in [0.15, 0.2) is 0 Å². The predicted octanol–water partition coefficient (Wildman–Crippen LogP) is 10.1. The predicted molar refractivity (Wildman–Crippen MR) is 161 cm³/mol. The highest BCUT2D eigenvalue weighted by Crippen LogP contribution is 2.67. The largest absolute Gasteiger partial charge is 0.460 e. The Bertz CT molecular complexity index is 888. The molecule has 0 aromatic rings. The Hall–Kier alpha value is -1.03. The number of ether oxygens (including phenoxy) is 2. The van der Waals surface area contributed by atoms with Gasteiger partial charge in [0.05, 0.1) is 0 Å². The van der Waals surface area contributed by atoms with Gasteiger partial charge in [0.2, 0.25) is 0 Å². The van der Waals surface area contributed by atoms with Gasteiger partial charge in [0, 0.05) is 24.9 Å². The number of carbonyl (C=O) groups is 2. The molecule has 8 unspecified atom stereocenters. The summed E-state index contributed by atoms with van der Waals surface area (Å²) >= 11 is 5.51. The van der Waals surface area contributed by atoms with E-state index in [1.807, 2.05) is 20.8 Å². The third kappa shape index (κ3) is 7.83. The van der Waals surface area contributed by atoms with E-state index in [4.69, 9.17) is 21.1 Å². The van der Waals surface area contributed by atoms with Gasteiger partial charge in [-0.25, -0.2) is 4.79 Å². The number of fused-ring (bicyclic) bond motifs is 5. The molecule has 4 nitrogen and oxygen atoms in total. The molecule has 0 saturated heterocycles. The van der Waals surface area contributed by atoms with Gasteiger partial charge in [-0.2, -0.15) is 0 Å². The van der Waals surface area contributed by atoms with Crippen LogP contribution in [0.25, 0.3) is 0 Å². The third-order valence-electron chi connectivity index (χ3n) is 11.0. The maximum atomic E-state index is 11.2. The van der Waals surface area contributed by atoms with Crippen LogP contribution < -0.4 is 0 Å². The lowest BCUT2D eigenvalue weighted by Crippen LogP contribution is -2.51. The fourth-order valence-electron chi connectivity index (χ4n) is 9.31. The van der Waals surface area contributed by atoms with Crippen molar-refractivity contribution in [3.63, 3.8) is 0 Å². The molecule has 0 aliphatic heterocycles. The number of carbonyl (C=O) groups excluding carboxylic acids is 2. The minimum atomic E-state index is -0.643. The van der Waals surface area contributed by atoms with Crippen molar-refractivity contribution < 1.29 is 19.1 Å². The summed E-state index contributed by atoms with van der Waals surface area (Å²) in [7, 11) is 0. The molecule has 39 heavy (non-hydrogen) atoms. The van der Waals surface area contributed by atoms with E-state index in [9.17, 15) is 9.59 Å². The molecule has 8 atom stereocenters. The molecule has 0 aromatic heterocycles. The van der Waals surface area contributed by atoms with Crippen LogP contribution in [0.15, 0.2) is 11.6 Å². The van der Waals surface area contributed by atoms with E-state index in [1.54, 1.807) is 5.57 Å². The zero-order valence-electron chi connectivity index (χ0n) is 26.4. The van der Waals surface area contributed by atoms with E-state index in [1.165, 1.54) is 58.3 Å². The van der Waals surface area contributed by atoms with Gasteiger partial charge in [-0.15, -0.1) is 0 Å². The third-order valence-corrected chi connectivity index (χ3v) is 11.1. The van der Waals surface area contributed by atoms with Crippen molar-refractivity contribution in [1.29, 1.82) is 0 Å². The Balaban J connectivity index is 0.000000459. The Morgan fingerprint density at radius 2 is 1.72 bits per heavy atom. The zero-order valence-corrected chi connectivity index (χ0v) is 27.2. The number of halogens is 1. The lowest BCUT2D eigenvalue weighted by atomic mass is 9.47. The van der Waals surface area contributed by atoms with Crippen molar-refractivity contribution in [2.45, 2.75) is 145 Å². The van der Waals surface area contributed by atoms with Crippen molar-refractivity contribution >= 4 is 23.0 Å². The molecule has 0 bridgehead atoms. The summed E-state index contributed by atoms with van der Waals surface area (Å²) in [4.78, 5) is 21.5. The molecule has 224 valence electrons. The van der Waals surface area contributed by atoms with Crippen LogP contribution >= 0.6 is 11.6 Å². The van der Waals surface area contributed by atoms with Gasteiger partial charge in [-0.3, -0.25) is 4.79 Å². The quantitative estimate of drug-likeness (QED) is 0.183. The Morgan fingerprint density at radius 1 is 1.03 bits per heavy atom. The van der Waals surface area contributed by atoms with Gasteiger partial charge >= 0.3 is 11.4 Å². The molecule has 4 rings (SSSR count). The lowest BCUT2D eigenvalue weighted by Gasteiger charge is -2.58. The topological polar surface area (TPSA) is 52.6 Å². The fraction of sp³-hybridized carbons (Fsp3) is 0.882. The first kappa shape index (κ1) is 32.5. The standard InChI is InChI=1S/C28H45ClO2.C6H12O2/c1-18(2)7-6-8-19(3)23-11-12-24-22-10-9-20-17-21(31-26(29)30)13-15-27(20,4)25(22)14-16-28(23,24)5;1-5(7)8-6(2,3)4/h9,18-19,21-25H,6-8,10-17H2,1-5H3;1-4H3. The molecule has 3 saturated carbocycles. The van der Waals surface area contributed by atoms with Crippen LogP contribution in [0.5, 0.6) is 0 Å². The molecule has 0 radical (unpaired) electrons. The molecule has 4 aliphatic rings. The number of esters is 1. The van der Waals surface area contributed by atoms with Crippen LogP contribution in [0.4, 0.5) is 4.79 Å². The first-order chi connectivity index (χ1) is 18.1. The Labute approximate surface area is 244 Å².